The Kier molecular flexibility index (Phi) is 6.31. The highest BCUT2D eigenvalue weighted by atomic mass is 16.6. The summed E-state index contributed by atoms with van der Waals surface area (Å²) in [6.45, 7) is 7.82. The molecule has 2 fully saturated rings. The largest absolute Gasteiger partial charge is 0.444 e. The van der Waals surface area contributed by atoms with Crippen LogP contribution in [0.1, 0.15) is 64.9 Å². The number of nitrogens with one attached hydrogen (secondary N) is 1. The van der Waals surface area contributed by atoms with Crippen LogP contribution in [-0.4, -0.2) is 42.1 Å². The van der Waals surface area contributed by atoms with Crippen LogP contribution in [0.4, 0.5) is 4.79 Å². The summed E-state index contributed by atoms with van der Waals surface area (Å²) >= 11 is 0. The number of nitrogens with zero attached hydrogens (tertiary/aromatic N) is 1. The molecule has 0 aromatic heterocycles. The third-order valence-electron chi connectivity index (χ3n) is 5.98. The molecule has 1 aromatic carbocycles. The molecule has 5 heteroatoms. The maximum Gasteiger partial charge on any atom is 0.410 e. The Morgan fingerprint density at radius 2 is 1.89 bits per heavy atom. The maximum atomic E-state index is 12.9. The van der Waals surface area contributed by atoms with Gasteiger partial charge in [-0.05, 0) is 64.4 Å². The SMILES string of the molecule is CC(C)(C)OC(=O)N1CCCC(CCNC(=O)C2(c3ccccc3)CCC2)C1. The van der Waals surface area contributed by atoms with Crippen molar-refractivity contribution in [1.82, 2.24) is 10.2 Å². The minimum Gasteiger partial charge on any atom is -0.444 e. The zero-order valence-corrected chi connectivity index (χ0v) is 17.5. The van der Waals surface area contributed by atoms with Gasteiger partial charge in [0.1, 0.15) is 5.60 Å². The first-order valence-electron chi connectivity index (χ1n) is 10.6. The van der Waals surface area contributed by atoms with Gasteiger partial charge in [0.15, 0.2) is 0 Å². The van der Waals surface area contributed by atoms with E-state index < -0.39 is 5.60 Å². The number of benzene rings is 1. The molecule has 1 saturated carbocycles. The van der Waals surface area contributed by atoms with Crippen LogP contribution < -0.4 is 5.32 Å². The monoisotopic (exact) mass is 386 g/mol. The van der Waals surface area contributed by atoms with E-state index >= 15 is 0 Å². The van der Waals surface area contributed by atoms with Gasteiger partial charge >= 0.3 is 6.09 Å². The molecule has 0 radical (unpaired) electrons. The zero-order valence-electron chi connectivity index (χ0n) is 17.5. The summed E-state index contributed by atoms with van der Waals surface area (Å²) in [5, 5.41) is 3.18. The van der Waals surface area contributed by atoms with Crippen molar-refractivity contribution in [3.8, 4) is 0 Å². The molecule has 5 nitrogen and oxygen atoms in total. The Bertz CT molecular complexity index is 677. The van der Waals surface area contributed by atoms with Crippen LogP contribution in [0.3, 0.4) is 0 Å². The molecule has 1 heterocycles. The van der Waals surface area contributed by atoms with Crippen molar-refractivity contribution in [2.75, 3.05) is 19.6 Å². The van der Waals surface area contributed by atoms with Crippen LogP contribution in [0.2, 0.25) is 0 Å². The van der Waals surface area contributed by atoms with Gasteiger partial charge in [-0.3, -0.25) is 4.79 Å². The Morgan fingerprint density at radius 1 is 1.18 bits per heavy atom. The summed E-state index contributed by atoms with van der Waals surface area (Å²) in [7, 11) is 0. The lowest BCUT2D eigenvalue weighted by Gasteiger charge is -2.41. The van der Waals surface area contributed by atoms with Gasteiger partial charge in [0.25, 0.3) is 0 Å². The van der Waals surface area contributed by atoms with Crippen molar-refractivity contribution in [3.63, 3.8) is 0 Å². The number of carbonyl (C=O) groups is 2. The fraction of sp³-hybridized carbons (Fsp3) is 0.652. The fourth-order valence-corrected chi connectivity index (χ4v) is 4.29. The summed E-state index contributed by atoms with van der Waals surface area (Å²) < 4.78 is 5.50. The molecule has 0 spiro atoms. The van der Waals surface area contributed by atoms with Gasteiger partial charge in [-0.2, -0.15) is 0 Å². The number of ether oxygens (including phenoxy) is 1. The summed E-state index contributed by atoms with van der Waals surface area (Å²) in [4.78, 5) is 27.1. The Hall–Kier alpha value is -2.04. The van der Waals surface area contributed by atoms with Gasteiger partial charge in [0, 0.05) is 19.6 Å². The first-order valence-corrected chi connectivity index (χ1v) is 10.6. The van der Waals surface area contributed by atoms with Crippen LogP contribution >= 0.6 is 0 Å². The Balaban J connectivity index is 1.48. The van der Waals surface area contributed by atoms with Gasteiger partial charge in [0.2, 0.25) is 5.91 Å². The molecular formula is C23H34N2O3. The number of carbonyl (C=O) groups excluding carboxylic acids is 2. The van der Waals surface area contributed by atoms with Gasteiger partial charge < -0.3 is 15.0 Å². The lowest BCUT2D eigenvalue weighted by atomic mass is 9.64. The average Bonchev–Trinajstić information content (AvgIpc) is 2.60. The minimum atomic E-state index is -0.466. The normalized spacial score (nSPS) is 21.5. The van der Waals surface area contributed by atoms with Crippen molar-refractivity contribution in [1.29, 1.82) is 0 Å². The molecule has 1 saturated heterocycles. The van der Waals surface area contributed by atoms with E-state index in [0.717, 1.165) is 50.6 Å². The van der Waals surface area contributed by atoms with Gasteiger partial charge in [0.05, 0.1) is 5.41 Å². The highest BCUT2D eigenvalue weighted by Gasteiger charge is 2.45. The highest BCUT2D eigenvalue weighted by molar-refractivity contribution is 5.89. The van der Waals surface area contributed by atoms with Crippen LogP contribution in [0.15, 0.2) is 30.3 Å². The molecule has 1 aliphatic carbocycles. The van der Waals surface area contributed by atoms with Crippen molar-refractivity contribution >= 4 is 12.0 Å². The molecule has 28 heavy (non-hydrogen) atoms. The molecule has 2 amide bonds. The summed E-state index contributed by atoms with van der Waals surface area (Å²) in [6.07, 6.45) is 5.73. The average molecular weight is 387 g/mol. The van der Waals surface area contributed by atoms with Crippen LogP contribution in [0, 0.1) is 5.92 Å². The predicted octanol–water partition coefficient (Wildman–Crippen LogP) is 4.26. The number of rotatable bonds is 5. The Morgan fingerprint density at radius 3 is 2.50 bits per heavy atom. The second kappa shape index (κ2) is 8.54. The van der Waals surface area contributed by atoms with E-state index in [-0.39, 0.29) is 17.4 Å². The van der Waals surface area contributed by atoms with Crippen LogP contribution in [0.25, 0.3) is 0 Å². The third kappa shape index (κ3) is 4.86. The first-order chi connectivity index (χ1) is 13.3. The number of piperidine rings is 1. The smallest absolute Gasteiger partial charge is 0.410 e. The van der Waals surface area contributed by atoms with Crippen molar-refractivity contribution in [3.05, 3.63) is 35.9 Å². The first kappa shape index (κ1) is 20.7. The highest BCUT2D eigenvalue weighted by Crippen LogP contribution is 2.43. The number of hydrogen-bond acceptors (Lipinski definition) is 3. The van der Waals surface area contributed by atoms with E-state index in [1.165, 1.54) is 0 Å². The van der Waals surface area contributed by atoms with E-state index in [1.54, 1.807) is 0 Å². The Labute approximate surface area is 168 Å². The van der Waals surface area contributed by atoms with E-state index in [9.17, 15) is 9.59 Å². The van der Waals surface area contributed by atoms with E-state index in [4.69, 9.17) is 4.74 Å². The molecule has 154 valence electrons. The quantitative estimate of drug-likeness (QED) is 0.822. The lowest BCUT2D eigenvalue weighted by Crippen LogP contribution is -2.50. The fourth-order valence-electron chi connectivity index (χ4n) is 4.29. The number of likely N-dealkylation sites (tertiary alicyclic amines) is 1. The van der Waals surface area contributed by atoms with Gasteiger partial charge in [-0.25, -0.2) is 4.79 Å². The standard InChI is InChI=1S/C23H34N2O3/c1-22(2,3)28-21(27)25-16-7-9-18(17-25)12-15-24-20(26)23(13-8-14-23)19-10-5-4-6-11-19/h4-6,10-11,18H,7-9,12-17H2,1-3H3,(H,24,26). The summed E-state index contributed by atoms with van der Waals surface area (Å²) in [5.41, 5.74) is 0.329. The predicted molar refractivity (Wildman–Crippen MR) is 110 cm³/mol. The topological polar surface area (TPSA) is 58.6 Å². The van der Waals surface area contributed by atoms with Crippen molar-refractivity contribution in [2.24, 2.45) is 5.92 Å². The molecule has 1 aliphatic heterocycles. The van der Waals surface area contributed by atoms with E-state index in [2.05, 4.69) is 17.4 Å². The molecule has 2 aliphatic rings. The number of hydrogen-bond donors (Lipinski definition) is 1. The van der Waals surface area contributed by atoms with Crippen molar-refractivity contribution < 1.29 is 14.3 Å². The molecular weight excluding hydrogens is 352 g/mol. The van der Waals surface area contributed by atoms with Gasteiger partial charge in [-0.1, -0.05) is 36.8 Å². The third-order valence-corrected chi connectivity index (χ3v) is 5.98. The van der Waals surface area contributed by atoms with Crippen molar-refractivity contribution in [2.45, 2.75) is 70.3 Å². The molecule has 3 rings (SSSR count). The summed E-state index contributed by atoms with van der Waals surface area (Å²) in [6, 6.07) is 10.1. The van der Waals surface area contributed by atoms with E-state index in [1.807, 2.05) is 43.9 Å². The van der Waals surface area contributed by atoms with E-state index in [0.29, 0.717) is 19.0 Å². The lowest BCUT2D eigenvalue weighted by molar-refractivity contribution is -0.130. The van der Waals surface area contributed by atoms with Crippen LogP contribution in [0.5, 0.6) is 0 Å². The minimum absolute atomic E-state index is 0.157. The second-order valence-electron chi connectivity index (χ2n) is 9.28. The second-order valence-corrected chi connectivity index (χ2v) is 9.28. The summed E-state index contributed by atoms with van der Waals surface area (Å²) in [5.74, 6) is 0.570. The molecule has 1 atom stereocenters. The van der Waals surface area contributed by atoms with Gasteiger partial charge in [-0.15, -0.1) is 0 Å². The molecule has 0 bridgehead atoms. The maximum absolute atomic E-state index is 12.9. The van der Waals surface area contributed by atoms with Crippen LogP contribution in [-0.2, 0) is 14.9 Å². The molecule has 1 aromatic rings. The number of amides is 2. The zero-order chi connectivity index (χ0) is 20.2. The molecule has 1 N–H and O–H groups in total. The molecule has 1 unspecified atom stereocenters.